The molecule has 0 spiro atoms. The van der Waals surface area contributed by atoms with Gasteiger partial charge >= 0.3 is 0 Å². The molecule has 1 fully saturated rings. The number of hydrogen-bond donors (Lipinski definition) is 3. The third kappa shape index (κ3) is 6.27. The number of rotatable bonds is 7. The number of aryl methyl sites for hydroxylation is 1. The number of hydrogen-bond acceptors (Lipinski definition) is 4. The van der Waals surface area contributed by atoms with Crippen LogP contribution in [0.15, 0.2) is 47.4 Å². The number of sulfonamides is 1. The van der Waals surface area contributed by atoms with Gasteiger partial charge in [-0.1, -0.05) is 19.3 Å². The van der Waals surface area contributed by atoms with E-state index >= 15 is 0 Å². The van der Waals surface area contributed by atoms with Crippen LogP contribution in [0.25, 0.3) is 0 Å². The van der Waals surface area contributed by atoms with Crippen LogP contribution in [0.3, 0.4) is 0 Å². The molecule has 2 aromatic rings. The fraction of sp³-hybridized carbons (Fsp3) is 0.364. The maximum Gasteiger partial charge on any atom is 0.261 e. The van der Waals surface area contributed by atoms with E-state index in [4.69, 9.17) is 0 Å². The minimum absolute atomic E-state index is 0.0582. The van der Waals surface area contributed by atoms with Crippen molar-refractivity contribution in [1.82, 2.24) is 10.6 Å². The molecule has 0 atom stereocenters. The number of carbonyl (C=O) groups is 2. The Labute approximate surface area is 181 Å². The fourth-order valence-electron chi connectivity index (χ4n) is 3.48. The van der Waals surface area contributed by atoms with Crippen LogP contribution in [0, 0.1) is 12.7 Å². The molecule has 0 saturated heterocycles. The molecule has 9 heteroatoms. The van der Waals surface area contributed by atoms with Gasteiger partial charge in [0.15, 0.2) is 0 Å². The first-order valence-corrected chi connectivity index (χ1v) is 11.7. The summed E-state index contributed by atoms with van der Waals surface area (Å²) in [5, 5.41) is 5.50. The van der Waals surface area contributed by atoms with Gasteiger partial charge in [-0.25, -0.2) is 12.8 Å². The molecule has 0 radical (unpaired) electrons. The largest absolute Gasteiger partial charge is 0.352 e. The molecule has 1 saturated carbocycles. The van der Waals surface area contributed by atoms with Gasteiger partial charge in [0, 0.05) is 17.3 Å². The molecule has 2 aromatic carbocycles. The summed E-state index contributed by atoms with van der Waals surface area (Å²) in [7, 11) is -3.89. The van der Waals surface area contributed by atoms with E-state index in [2.05, 4.69) is 15.4 Å². The summed E-state index contributed by atoms with van der Waals surface area (Å²) in [5.74, 6) is -1.14. The number of nitrogens with one attached hydrogen (secondary N) is 3. The molecular formula is C22H26FN3O4S. The molecule has 0 unspecified atom stereocenters. The third-order valence-corrected chi connectivity index (χ3v) is 6.60. The Hall–Kier alpha value is -2.94. The van der Waals surface area contributed by atoms with Gasteiger partial charge in [-0.3, -0.25) is 14.3 Å². The first-order chi connectivity index (χ1) is 14.7. The Bertz CT molecular complexity index is 1050. The zero-order valence-corrected chi connectivity index (χ0v) is 18.1. The Morgan fingerprint density at radius 2 is 1.71 bits per heavy atom. The van der Waals surface area contributed by atoms with Crippen molar-refractivity contribution >= 4 is 27.5 Å². The number of benzene rings is 2. The SMILES string of the molecule is Cc1cc(S(=O)(=O)Nc2ccc(C(=O)NCC(=O)NC3CCCCC3)cc2)ccc1F. The Kier molecular flexibility index (Phi) is 7.27. The van der Waals surface area contributed by atoms with Crippen molar-refractivity contribution in [2.24, 2.45) is 0 Å². The summed E-state index contributed by atoms with van der Waals surface area (Å²) >= 11 is 0. The van der Waals surface area contributed by atoms with Crippen LogP contribution in [0.5, 0.6) is 0 Å². The van der Waals surface area contributed by atoms with Gasteiger partial charge in [0.05, 0.1) is 11.4 Å². The van der Waals surface area contributed by atoms with Crippen LogP contribution in [-0.4, -0.2) is 32.8 Å². The maximum absolute atomic E-state index is 13.4. The second-order valence-corrected chi connectivity index (χ2v) is 9.36. The molecule has 3 rings (SSSR count). The van der Waals surface area contributed by atoms with Gasteiger partial charge < -0.3 is 10.6 Å². The van der Waals surface area contributed by atoms with Crippen LogP contribution < -0.4 is 15.4 Å². The second-order valence-electron chi connectivity index (χ2n) is 7.68. The van der Waals surface area contributed by atoms with Crippen molar-refractivity contribution in [2.75, 3.05) is 11.3 Å². The Balaban J connectivity index is 1.54. The topological polar surface area (TPSA) is 104 Å². The van der Waals surface area contributed by atoms with Crippen molar-refractivity contribution in [3.63, 3.8) is 0 Å². The van der Waals surface area contributed by atoms with Crippen molar-refractivity contribution in [3.8, 4) is 0 Å². The fourth-order valence-corrected chi connectivity index (χ4v) is 4.62. The molecule has 0 bridgehead atoms. The smallest absolute Gasteiger partial charge is 0.261 e. The average molecular weight is 448 g/mol. The lowest BCUT2D eigenvalue weighted by Gasteiger charge is -2.22. The Morgan fingerprint density at radius 3 is 2.35 bits per heavy atom. The van der Waals surface area contributed by atoms with Crippen molar-refractivity contribution in [3.05, 3.63) is 59.4 Å². The van der Waals surface area contributed by atoms with Gasteiger partial charge in [-0.15, -0.1) is 0 Å². The molecule has 1 aliphatic rings. The minimum atomic E-state index is -3.89. The molecule has 1 aliphatic carbocycles. The normalized spacial score (nSPS) is 14.6. The molecule has 0 heterocycles. The van der Waals surface area contributed by atoms with Gasteiger partial charge in [0.2, 0.25) is 5.91 Å². The van der Waals surface area contributed by atoms with Gasteiger partial charge in [0.25, 0.3) is 15.9 Å². The van der Waals surface area contributed by atoms with Gasteiger partial charge in [-0.05, 0) is 67.8 Å². The predicted octanol–water partition coefficient (Wildman–Crippen LogP) is 3.11. The van der Waals surface area contributed by atoms with E-state index in [1.54, 1.807) is 0 Å². The maximum atomic E-state index is 13.4. The summed E-state index contributed by atoms with van der Waals surface area (Å²) in [6.45, 7) is 1.37. The molecule has 7 nitrogen and oxygen atoms in total. The van der Waals surface area contributed by atoms with E-state index in [1.165, 1.54) is 49.7 Å². The van der Waals surface area contributed by atoms with Crippen LogP contribution in [-0.2, 0) is 14.8 Å². The van der Waals surface area contributed by atoms with E-state index in [0.717, 1.165) is 31.7 Å². The van der Waals surface area contributed by atoms with Crippen LogP contribution >= 0.6 is 0 Å². The quantitative estimate of drug-likeness (QED) is 0.607. The molecule has 0 aromatic heterocycles. The van der Waals surface area contributed by atoms with Crippen LogP contribution in [0.2, 0.25) is 0 Å². The molecule has 0 aliphatic heterocycles. The minimum Gasteiger partial charge on any atom is -0.352 e. The van der Waals surface area contributed by atoms with Crippen molar-refractivity contribution < 1.29 is 22.4 Å². The van der Waals surface area contributed by atoms with Crippen LogP contribution in [0.4, 0.5) is 10.1 Å². The number of anilines is 1. The number of carbonyl (C=O) groups excluding carboxylic acids is 2. The lowest BCUT2D eigenvalue weighted by atomic mass is 9.95. The highest BCUT2D eigenvalue weighted by atomic mass is 32.2. The zero-order valence-electron chi connectivity index (χ0n) is 17.3. The standard InChI is InChI=1S/C22H26FN3O4S/c1-15-13-19(11-12-20(15)23)31(29,30)26-18-9-7-16(8-10-18)22(28)24-14-21(27)25-17-5-3-2-4-6-17/h7-13,17,26H,2-6,14H2,1H3,(H,24,28)(H,25,27). The van der Waals surface area contributed by atoms with Crippen molar-refractivity contribution in [1.29, 1.82) is 0 Å². The van der Waals surface area contributed by atoms with Gasteiger partial charge in [0.1, 0.15) is 5.82 Å². The number of halogens is 1. The monoisotopic (exact) mass is 447 g/mol. The van der Waals surface area contributed by atoms with E-state index in [9.17, 15) is 22.4 Å². The van der Waals surface area contributed by atoms with Crippen molar-refractivity contribution in [2.45, 2.75) is 50.0 Å². The highest BCUT2D eigenvalue weighted by Gasteiger charge is 2.17. The third-order valence-electron chi connectivity index (χ3n) is 5.22. The second kappa shape index (κ2) is 9.91. The van der Waals surface area contributed by atoms with E-state index in [1.807, 2.05) is 0 Å². The lowest BCUT2D eigenvalue weighted by Crippen LogP contribution is -2.42. The summed E-state index contributed by atoms with van der Waals surface area (Å²) < 4.78 is 40.7. The highest BCUT2D eigenvalue weighted by molar-refractivity contribution is 7.92. The number of amides is 2. The Morgan fingerprint density at radius 1 is 1.03 bits per heavy atom. The summed E-state index contributed by atoms with van der Waals surface area (Å²) in [5.41, 5.74) is 0.780. The first kappa shape index (κ1) is 22.7. The predicted molar refractivity (Wildman–Crippen MR) is 116 cm³/mol. The lowest BCUT2D eigenvalue weighted by molar-refractivity contribution is -0.121. The molecule has 31 heavy (non-hydrogen) atoms. The van der Waals surface area contributed by atoms with Gasteiger partial charge in [-0.2, -0.15) is 0 Å². The molecular weight excluding hydrogens is 421 g/mol. The van der Waals surface area contributed by atoms with E-state index in [-0.39, 0.29) is 34.6 Å². The molecule has 3 N–H and O–H groups in total. The summed E-state index contributed by atoms with van der Waals surface area (Å²) in [4.78, 5) is 24.2. The van der Waals surface area contributed by atoms with Crippen LogP contribution in [0.1, 0.15) is 48.0 Å². The summed E-state index contributed by atoms with van der Waals surface area (Å²) in [6.07, 6.45) is 5.34. The summed E-state index contributed by atoms with van der Waals surface area (Å²) in [6, 6.07) is 9.53. The van der Waals surface area contributed by atoms with E-state index < -0.39 is 21.7 Å². The van der Waals surface area contributed by atoms with E-state index in [0.29, 0.717) is 5.56 Å². The first-order valence-electron chi connectivity index (χ1n) is 10.2. The molecule has 166 valence electrons. The zero-order chi connectivity index (χ0) is 22.4. The highest BCUT2D eigenvalue weighted by Crippen LogP contribution is 2.19. The molecule has 2 amide bonds. The average Bonchev–Trinajstić information content (AvgIpc) is 2.75.